The molecule has 82 valence electrons. The van der Waals surface area contributed by atoms with Gasteiger partial charge in [0.15, 0.2) is 0 Å². The van der Waals surface area contributed by atoms with Crippen LogP contribution in [0.4, 0.5) is 0 Å². The summed E-state index contributed by atoms with van der Waals surface area (Å²) < 4.78 is 0. The summed E-state index contributed by atoms with van der Waals surface area (Å²) in [5.41, 5.74) is 0.907. The van der Waals surface area contributed by atoms with E-state index in [2.05, 4.69) is 31.0 Å². The predicted octanol–water partition coefficient (Wildman–Crippen LogP) is 2.00. The van der Waals surface area contributed by atoms with Crippen LogP contribution in [0.3, 0.4) is 0 Å². The molecule has 2 fully saturated rings. The lowest BCUT2D eigenvalue weighted by Gasteiger charge is -2.36. The monoisotopic (exact) mass is 196 g/mol. The molecule has 1 unspecified atom stereocenters. The molecule has 1 atom stereocenters. The van der Waals surface area contributed by atoms with E-state index in [4.69, 9.17) is 0 Å². The van der Waals surface area contributed by atoms with Crippen molar-refractivity contribution in [2.24, 2.45) is 0 Å². The zero-order valence-corrected chi connectivity index (χ0v) is 9.90. The standard InChI is InChI=1S/C12H24N2/c1-4-11(2)10-14(9-5-8-13-11)12(3)6-7-12/h13H,4-10H2,1-3H3. The molecule has 1 heterocycles. The van der Waals surface area contributed by atoms with Gasteiger partial charge in [-0.25, -0.2) is 0 Å². The first kappa shape index (κ1) is 10.4. The number of hydrogen-bond donors (Lipinski definition) is 1. The SMILES string of the molecule is CCC1(C)CN(C2(C)CC2)CCCN1. The third-order valence-corrected chi connectivity index (χ3v) is 4.21. The fourth-order valence-corrected chi connectivity index (χ4v) is 2.41. The van der Waals surface area contributed by atoms with Crippen molar-refractivity contribution in [1.29, 1.82) is 0 Å². The van der Waals surface area contributed by atoms with Gasteiger partial charge in [0.2, 0.25) is 0 Å². The van der Waals surface area contributed by atoms with E-state index in [1.54, 1.807) is 0 Å². The third kappa shape index (κ3) is 1.96. The molecule has 2 nitrogen and oxygen atoms in total. The van der Waals surface area contributed by atoms with Crippen molar-refractivity contribution >= 4 is 0 Å². The van der Waals surface area contributed by atoms with Crippen molar-refractivity contribution in [3.8, 4) is 0 Å². The first-order chi connectivity index (χ1) is 6.58. The summed E-state index contributed by atoms with van der Waals surface area (Å²) in [6, 6.07) is 0. The Kier molecular flexibility index (Phi) is 2.61. The Labute approximate surface area is 88.1 Å². The second kappa shape index (κ2) is 3.49. The molecule has 0 aromatic heterocycles. The van der Waals surface area contributed by atoms with Crippen LogP contribution in [0.25, 0.3) is 0 Å². The Balaban J connectivity index is 2.04. The van der Waals surface area contributed by atoms with Crippen molar-refractivity contribution in [3.05, 3.63) is 0 Å². The van der Waals surface area contributed by atoms with Crippen LogP contribution >= 0.6 is 0 Å². The normalized spacial score (nSPS) is 37.9. The van der Waals surface area contributed by atoms with E-state index < -0.39 is 0 Å². The van der Waals surface area contributed by atoms with E-state index in [1.165, 1.54) is 45.3 Å². The molecule has 0 aromatic carbocycles. The minimum absolute atomic E-state index is 0.349. The van der Waals surface area contributed by atoms with Gasteiger partial charge in [-0.3, -0.25) is 4.90 Å². The van der Waals surface area contributed by atoms with Crippen molar-refractivity contribution in [1.82, 2.24) is 10.2 Å². The van der Waals surface area contributed by atoms with Crippen molar-refractivity contribution in [2.75, 3.05) is 19.6 Å². The van der Waals surface area contributed by atoms with Gasteiger partial charge in [0, 0.05) is 17.6 Å². The van der Waals surface area contributed by atoms with Gasteiger partial charge in [-0.1, -0.05) is 6.92 Å². The highest BCUT2D eigenvalue weighted by molar-refractivity contribution is 5.03. The molecule has 0 aromatic rings. The maximum absolute atomic E-state index is 3.70. The number of hydrogen-bond acceptors (Lipinski definition) is 2. The zero-order chi connectivity index (χ0) is 10.2. The summed E-state index contributed by atoms with van der Waals surface area (Å²) in [5.74, 6) is 0. The van der Waals surface area contributed by atoms with Gasteiger partial charge in [-0.15, -0.1) is 0 Å². The van der Waals surface area contributed by atoms with E-state index in [1.807, 2.05) is 0 Å². The molecule has 1 saturated carbocycles. The van der Waals surface area contributed by atoms with Crippen LogP contribution in [-0.4, -0.2) is 35.6 Å². The van der Waals surface area contributed by atoms with Gasteiger partial charge in [-0.05, 0) is 52.6 Å². The molecule has 0 bridgehead atoms. The quantitative estimate of drug-likeness (QED) is 0.727. The van der Waals surface area contributed by atoms with Crippen LogP contribution in [0.15, 0.2) is 0 Å². The van der Waals surface area contributed by atoms with Crippen molar-refractivity contribution in [2.45, 2.75) is 57.5 Å². The Bertz CT molecular complexity index is 210. The zero-order valence-electron chi connectivity index (χ0n) is 9.90. The molecular weight excluding hydrogens is 172 g/mol. The second-order valence-corrected chi connectivity index (χ2v) is 5.61. The van der Waals surface area contributed by atoms with Gasteiger partial charge in [0.05, 0.1) is 0 Å². The number of nitrogens with one attached hydrogen (secondary N) is 1. The summed E-state index contributed by atoms with van der Waals surface area (Å²) in [7, 11) is 0. The van der Waals surface area contributed by atoms with E-state index >= 15 is 0 Å². The van der Waals surface area contributed by atoms with Gasteiger partial charge in [-0.2, -0.15) is 0 Å². The van der Waals surface area contributed by atoms with Gasteiger partial charge < -0.3 is 5.32 Å². The van der Waals surface area contributed by atoms with Gasteiger partial charge in [0.1, 0.15) is 0 Å². The first-order valence-corrected chi connectivity index (χ1v) is 6.08. The minimum atomic E-state index is 0.349. The average Bonchev–Trinajstić information content (AvgIpc) is 2.92. The Morgan fingerprint density at radius 3 is 2.57 bits per heavy atom. The molecule has 2 rings (SSSR count). The van der Waals surface area contributed by atoms with Gasteiger partial charge >= 0.3 is 0 Å². The molecule has 1 N–H and O–H groups in total. The largest absolute Gasteiger partial charge is 0.310 e. The lowest BCUT2D eigenvalue weighted by Crippen LogP contribution is -2.51. The molecular formula is C12H24N2. The fraction of sp³-hybridized carbons (Fsp3) is 1.00. The highest BCUT2D eigenvalue weighted by atomic mass is 15.3. The molecule has 0 radical (unpaired) electrons. The lowest BCUT2D eigenvalue weighted by molar-refractivity contribution is 0.154. The van der Waals surface area contributed by atoms with E-state index in [9.17, 15) is 0 Å². The predicted molar refractivity (Wildman–Crippen MR) is 60.5 cm³/mol. The van der Waals surface area contributed by atoms with Gasteiger partial charge in [0.25, 0.3) is 0 Å². The van der Waals surface area contributed by atoms with Crippen LogP contribution in [0.5, 0.6) is 0 Å². The molecule has 2 heteroatoms. The summed E-state index contributed by atoms with van der Waals surface area (Å²) in [5, 5.41) is 3.70. The Morgan fingerprint density at radius 2 is 2.00 bits per heavy atom. The summed E-state index contributed by atoms with van der Waals surface area (Å²) in [6.07, 6.45) is 5.37. The molecule has 0 spiro atoms. The van der Waals surface area contributed by atoms with E-state index in [-0.39, 0.29) is 0 Å². The van der Waals surface area contributed by atoms with Crippen LogP contribution in [0.2, 0.25) is 0 Å². The minimum Gasteiger partial charge on any atom is -0.310 e. The average molecular weight is 196 g/mol. The smallest absolute Gasteiger partial charge is 0.0278 e. The summed E-state index contributed by atoms with van der Waals surface area (Å²) in [6.45, 7) is 10.8. The lowest BCUT2D eigenvalue weighted by atomic mass is 9.98. The molecule has 1 aliphatic carbocycles. The Hall–Kier alpha value is -0.0800. The van der Waals surface area contributed by atoms with Crippen LogP contribution < -0.4 is 5.32 Å². The summed E-state index contributed by atoms with van der Waals surface area (Å²) >= 11 is 0. The first-order valence-electron chi connectivity index (χ1n) is 6.08. The Morgan fingerprint density at radius 1 is 1.29 bits per heavy atom. The highest BCUT2D eigenvalue weighted by Gasteiger charge is 2.45. The van der Waals surface area contributed by atoms with E-state index in [0.717, 1.165) is 0 Å². The summed E-state index contributed by atoms with van der Waals surface area (Å²) in [4.78, 5) is 2.72. The molecule has 14 heavy (non-hydrogen) atoms. The topological polar surface area (TPSA) is 15.3 Å². The van der Waals surface area contributed by atoms with E-state index in [0.29, 0.717) is 11.1 Å². The fourth-order valence-electron chi connectivity index (χ4n) is 2.41. The second-order valence-electron chi connectivity index (χ2n) is 5.61. The van der Waals surface area contributed by atoms with Crippen LogP contribution in [0, 0.1) is 0 Å². The maximum atomic E-state index is 3.70. The maximum Gasteiger partial charge on any atom is 0.0278 e. The number of nitrogens with zero attached hydrogens (tertiary/aromatic N) is 1. The molecule has 2 aliphatic rings. The molecule has 0 amide bonds. The number of rotatable bonds is 2. The van der Waals surface area contributed by atoms with Crippen LogP contribution in [-0.2, 0) is 0 Å². The molecule has 1 aliphatic heterocycles. The third-order valence-electron chi connectivity index (χ3n) is 4.21. The highest BCUT2D eigenvalue weighted by Crippen LogP contribution is 2.42. The van der Waals surface area contributed by atoms with Crippen molar-refractivity contribution in [3.63, 3.8) is 0 Å². The molecule has 1 saturated heterocycles. The van der Waals surface area contributed by atoms with Crippen LogP contribution in [0.1, 0.15) is 46.5 Å². The van der Waals surface area contributed by atoms with Crippen molar-refractivity contribution < 1.29 is 0 Å².